The second-order valence-corrected chi connectivity index (χ2v) is 8.06. The van der Waals surface area contributed by atoms with Crippen molar-refractivity contribution in [1.82, 2.24) is 10.2 Å². The van der Waals surface area contributed by atoms with Crippen LogP contribution in [0.1, 0.15) is 25.5 Å². The van der Waals surface area contributed by atoms with Gasteiger partial charge in [0.1, 0.15) is 5.75 Å². The van der Waals surface area contributed by atoms with Gasteiger partial charge in [-0.05, 0) is 44.2 Å². The molecule has 160 valence electrons. The first kappa shape index (κ1) is 22.2. The normalized spacial score (nSPS) is 14.8. The van der Waals surface area contributed by atoms with E-state index in [9.17, 15) is 18.3 Å². The second kappa shape index (κ2) is 8.31. The maximum Gasteiger partial charge on any atom is 0.423 e. The van der Waals surface area contributed by atoms with Gasteiger partial charge < -0.3 is 15.2 Å². The minimum atomic E-state index is -4.97. The molecule has 2 unspecified atom stereocenters. The van der Waals surface area contributed by atoms with Crippen molar-refractivity contribution >= 4 is 32.5 Å². The van der Waals surface area contributed by atoms with Gasteiger partial charge in [-0.3, -0.25) is 5.10 Å². The summed E-state index contributed by atoms with van der Waals surface area (Å²) in [5.41, 5.74) is -1.70. The Morgan fingerprint density at radius 3 is 2.63 bits per heavy atom. The number of hydrogen-bond donors (Lipinski definition) is 3. The molecule has 30 heavy (non-hydrogen) atoms. The predicted octanol–water partition coefficient (Wildman–Crippen LogP) is 5.75. The van der Waals surface area contributed by atoms with Crippen LogP contribution in [0.3, 0.4) is 0 Å². The van der Waals surface area contributed by atoms with Crippen molar-refractivity contribution < 1.29 is 23.0 Å². The first-order chi connectivity index (χ1) is 14.1. The zero-order valence-corrected chi connectivity index (χ0v) is 18.1. The van der Waals surface area contributed by atoms with Gasteiger partial charge >= 0.3 is 6.18 Å². The number of anilines is 1. The standard InChI is InChI=1S/C21H21BrF3N3O2/c1-12(2)10-20(29,21(23,24)25)19(14-8-7-13(22)9-18(14)30-3)27-16-5-4-6-17-15(16)11-26-28-17/h4-11,19,27,29H,1-3H3,(H,26,28). The monoisotopic (exact) mass is 483 g/mol. The highest BCUT2D eigenvalue weighted by Crippen LogP contribution is 2.46. The molecule has 0 aliphatic rings. The summed E-state index contributed by atoms with van der Waals surface area (Å²) in [6, 6.07) is 8.13. The van der Waals surface area contributed by atoms with Gasteiger partial charge in [-0.1, -0.05) is 33.6 Å². The average molecular weight is 484 g/mol. The van der Waals surface area contributed by atoms with Crippen LogP contribution in [-0.4, -0.2) is 34.2 Å². The number of hydrogen-bond acceptors (Lipinski definition) is 4. The molecule has 1 heterocycles. The van der Waals surface area contributed by atoms with E-state index >= 15 is 0 Å². The Morgan fingerprint density at radius 1 is 1.27 bits per heavy atom. The molecule has 3 rings (SSSR count). The summed E-state index contributed by atoms with van der Waals surface area (Å²) in [4.78, 5) is 0. The first-order valence-corrected chi connectivity index (χ1v) is 9.83. The van der Waals surface area contributed by atoms with Crippen molar-refractivity contribution in [3.05, 3.63) is 64.3 Å². The lowest BCUT2D eigenvalue weighted by Crippen LogP contribution is -2.51. The maximum atomic E-state index is 14.3. The van der Waals surface area contributed by atoms with Crippen molar-refractivity contribution in [1.29, 1.82) is 0 Å². The van der Waals surface area contributed by atoms with Gasteiger partial charge in [0.15, 0.2) is 0 Å². The SMILES string of the molecule is COc1cc(Br)ccc1C(Nc1cccc2[nH]ncc12)C(O)(C=C(C)C)C(F)(F)F. The van der Waals surface area contributed by atoms with E-state index in [-0.39, 0.29) is 11.3 Å². The third kappa shape index (κ3) is 4.17. The molecule has 5 nitrogen and oxygen atoms in total. The van der Waals surface area contributed by atoms with Gasteiger partial charge in [-0.15, -0.1) is 0 Å². The molecular formula is C21H21BrF3N3O2. The largest absolute Gasteiger partial charge is 0.496 e. The van der Waals surface area contributed by atoms with Gasteiger partial charge in [0.25, 0.3) is 0 Å². The lowest BCUT2D eigenvalue weighted by molar-refractivity contribution is -0.246. The van der Waals surface area contributed by atoms with Crippen molar-refractivity contribution in [2.24, 2.45) is 0 Å². The molecule has 0 spiro atoms. The van der Waals surface area contributed by atoms with Crippen molar-refractivity contribution in [2.75, 3.05) is 12.4 Å². The lowest BCUT2D eigenvalue weighted by Gasteiger charge is -2.37. The number of halogens is 4. The number of nitrogens with zero attached hydrogens (tertiary/aromatic N) is 1. The Hall–Kier alpha value is -2.52. The zero-order valence-electron chi connectivity index (χ0n) is 16.5. The summed E-state index contributed by atoms with van der Waals surface area (Å²) < 4.78 is 48.8. The number of benzene rings is 2. The first-order valence-electron chi connectivity index (χ1n) is 9.04. The van der Waals surface area contributed by atoms with Gasteiger partial charge in [0.2, 0.25) is 5.60 Å². The Morgan fingerprint density at radius 2 is 2.00 bits per heavy atom. The fourth-order valence-corrected chi connectivity index (χ4v) is 3.71. The highest BCUT2D eigenvalue weighted by molar-refractivity contribution is 9.10. The molecule has 0 bridgehead atoms. The minimum absolute atomic E-state index is 0.151. The summed E-state index contributed by atoms with van der Waals surface area (Å²) in [6.45, 7) is 3.01. The summed E-state index contributed by atoms with van der Waals surface area (Å²) in [5, 5.41) is 21.3. The number of aromatic amines is 1. The smallest absolute Gasteiger partial charge is 0.423 e. The molecule has 9 heteroatoms. The molecular weight excluding hydrogens is 463 g/mol. The number of nitrogens with one attached hydrogen (secondary N) is 2. The summed E-state index contributed by atoms with van der Waals surface area (Å²) in [5.74, 6) is 0.200. The molecule has 0 aliphatic heterocycles. The Bertz CT molecular complexity index is 1080. The number of fused-ring (bicyclic) bond motifs is 1. The summed E-state index contributed by atoms with van der Waals surface area (Å²) in [7, 11) is 1.37. The van der Waals surface area contributed by atoms with E-state index in [2.05, 4.69) is 31.4 Å². The van der Waals surface area contributed by atoms with E-state index in [0.717, 1.165) is 6.08 Å². The number of aromatic nitrogens is 2. The van der Waals surface area contributed by atoms with E-state index in [4.69, 9.17) is 4.74 Å². The molecule has 0 saturated heterocycles. The molecule has 3 aromatic rings. The minimum Gasteiger partial charge on any atom is -0.496 e. The van der Waals surface area contributed by atoms with Crippen LogP contribution in [0.4, 0.5) is 18.9 Å². The Labute approximate surface area is 180 Å². The molecule has 0 radical (unpaired) electrons. The van der Waals surface area contributed by atoms with Crippen LogP contribution in [0.15, 0.2) is 58.7 Å². The van der Waals surface area contributed by atoms with Gasteiger partial charge in [-0.25, -0.2) is 0 Å². The molecule has 0 fully saturated rings. The third-order valence-corrected chi connectivity index (χ3v) is 5.19. The van der Waals surface area contributed by atoms with E-state index in [1.807, 2.05) is 0 Å². The molecule has 0 amide bonds. The summed E-state index contributed by atoms with van der Waals surface area (Å²) in [6.07, 6.45) is -2.63. The average Bonchev–Trinajstić information content (AvgIpc) is 3.14. The fraction of sp³-hybridized carbons (Fsp3) is 0.286. The molecule has 0 saturated carbocycles. The van der Waals surface area contributed by atoms with Crippen LogP contribution in [0.2, 0.25) is 0 Å². The third-order valence-electron chi connectivity index (χ3n) is 4.69. The van der Waals surface area contributed by atoms with Crippen LogP contribution in [0.5, 0.6) is 5.75 Å². The van der Waals surface area contributed by atoms with Gasteiger partial charge in [-0.2, -0.15) is 18.3 Å². The van der Waals surface area contributed by atoms with E-state index < -0.39 is 17.8 Å². The number of alkyl halides is 3. The van der Waals surface area contributed by atoms with Crippen molar-refractivity contribution in [3.63, 3.8) is 0 Å². The van der Waals surface area contributed by atoms with Crippen LogP contribution in [0.25, 0.3) is 10.9 Å². The van der Waals surface area contributed by atoms with Crippen LogP contribution >= 0.6 is 15.9 Å². The maximum absolute atomic E-state index is 14.3. The van der Waals surface area contributed by atoms with E-state index in [1.165, 1.54) is 33.2 Å². The number of aliphatic hydroxyl groups is 1. The molecule has 3 N–H and O–H groups in total. The lowest BCUT2D eigenvalue weighted by atomic mass is 9.85. The highest BCUT2D eigenvalue weighted by Gasteiger charge is 2.58. The topological polar surface area (TPSA) is 70.2 Å². The Balaban J connectivity index is 2.26. The van der Waals surface area contributed by atoms with Crippen molar-refractivity contribution in [3.8, 4) is 5.75 Å². The number of H-pyrrole nitrogens is 1. The molecule has 0 aliphatic carbocycles. The van der Waals surface area contributed by atoms with Gasteiger partial charge in [0.05, 0.1) is 24.9 Å². The molecule has 2 aromatic carbocycles. The van der Waals surface area contributed by atoms with Crippen LogP contribution in [0, 0.1) is 0 Å². The quantitative estimate of drug-likeness (QED) is 0.390. The second-order valence-electron chi connectivity index (χ2n) is 7.15. The van der Waals surface area contributed by atoms with Crippen molar-refractivity contribution in [2.45, 2.75) is 31.7 Å². The zero-order chi connectivity index (χ0) is 22.1. The van der Waals surface area contributed by atoms with Gasteiger partial charge in [0, 0.05) is 21.1 Å². The summed E-state index contributed by atoms with van der Waals surface area (Å²) >= 11 is 3.30. The number of ether oxygens (including phenoxy) is 1. The molecule has 1 aromatic heterocycles. The molecule has 2 atom stereocenters. The fourth-order valence-electron chi connectivity index (χ4n) is 3.37. The number of allylic oxidation sites excluding steroid dienone is 1. The van der Waals surface area contributed by atoms with E-state index in [1.54, 1.807) is 30.3 Å². The van der Waals surface area contributed by atoms with E-state index in [0.29, 0.717) is 26.6 Å². The van der Waals surface area contributed by atoms with Crippen LogP contribution in [-0.2, 0) is 0 Å². The number of methoxy groups -OCH3 is 1. The highest BCUT2D eigenvalue weighted by atomic mass is 79.9. The Kier molecular flexibility index (Phi) is 6.14. The number of rotatable bonds is 6. The van der Waals surface area contributed by atoms with Crippen LogP contribution < -0.4 is 10.1 Å². The predicted molar refractivity (Wildman–Crippen MR) is 114 cm³/mol.